The molecule has 0 saturated carbocycles. The molecule has 1 heterocycles. The smallest absolute Gasteiger partial charge is 0.124 e. The highest BCUT2D eigenvalue weighted by molar-refractivity contribution is 5.63. The van der Waals surface area contributed by atoms with Gasteiger partial charge in [-0.05, 0) is 24.6 Å². The summed E-state index contributed by atoms with van der Waals surface area (Å²) < 4.78 is 5.42. The number of hydrogen-bond donors (Lipinski definition) is 1. The maximum atomic E-state index is 5.42. The van der Waals surface area contributed by atoms with Crippen LogP contribution < -0.4 is 10.1 Å². The summed E-state index contributed by atoms with van der Waals surface area (Å²) >= 11 is 0. The van der Waals surface area contributed by atoms with Gasteiger partial charge in [0.2, 0.25) is 0 Å². The molecule has 1 N–H and O–H groups in total. The van der Waals surface area contributed by atoms with Crippen molar-refractivity contribution in [2.45, 2.75) is 19.4 Å². The second-order valence-corrected chi connectivity index (χ2v) is 4.80. The van der Waals surface area contributed by atoms with Gasteiger partial charge in [-0.25, -0.2) is 0 Å². The molecule has 0 saturated heterocycles. The highest BCUT2D eigenvalue weighted by atomic mass is 16.5. The fourth-order valence-corrected chi connectivity index (χ4v) is 2.63. The molecule has 2 aromatic carbocycles. The average Bonchev–Trinajstić information content (AvgIpc) is 2.82. The molecule has 0 aromatic heterocycles. The summed E-state index contributed by atoms with van der Waals surface area (Å²) in [5, 5.41) is 3.57. The van der Waals surface area contributed by atoms with Gasteiger partial charge in [-0.2, -0.15) is 0 Å². The first-order valence-electron chi connectivity index (χ1n) is 6.27. The van der Waals surface area contributed by atoms with Crippen molar-refractivity contribution in [2.24, 2.45) is 0 Å². The Labute approximate surface area is 108 Å². The van der Waals surface area contributed by atoms with E-state index in [9.17, 15) is 0 Å². The van der Waals surface area contributed by atoms with E-state index in [2.05, 4.69) is 42.6 Å². The lowest BCUT2D eigenvalue weighted by atomic mass is 10.0. The summed E-state index contributed by atoms with van der Waals surface area (Å²) in [6.07, 6.45) is 0.989. The second kappa shape index (κ2) is 4.37. The topological polar surface area (TPSA) is 21.3 Å². The molecule has 1 unspecified atom stereocenters. The van der Waals surface area contributed by atoms with E-state index in [1.54, 1.807) is 7.11 Å². The zero-order valence-corrected chi connectivity index (χ0v) is 10.7. The van der Waals surface area contributed by atoms with E-state index in [4.69, 9.17) is 4.74 Å². The molecule has 0 amide bonds. The lowest BCUT2D eigenvalue weighted by Gasteiger charge is -2.12. The number of anilines is 1. The van der Waals surface area contributed by atoms with Crippen LogP contribution in [0.5, 0.6) is 5.75 Å². The molecule has 1 atom stereocenters. The number of rotatable bonds is 2. The van der Waals surface area contributed by atoms with Crippen molar-refractivity contribution in [3.05, 3.63) is 59.2 Å². The Balaban J connectivity index is 1.93. The summed E-state index contributed by atoms with van der Waals surface area (Å²) in [7, 11) is 1.73. The molecular formula is C16H17NO. The Hall–Kier alpha value is -1.96. The van der Waals surface area contributed by atoms with Crippen LogP contribution in [-0.4, -0.2) is 7.11 Å². The Bertz CT molecular complexity index is 577. The Kier molecular flexibility index (Phi) is 2.71. The molecule has 0 aliphatic carbocycles. The van der Waals surface area contributed by atoms with Gasteiger partial charge in [-0.15, -0.1) is 0 Å². The van der Waals surface area contributed by atoms with Crippen LogP contribution in [0.3, 0.4) is 0 Å². The van der Waals surface area contributed by atoms with Crippen LogP contribution in [0.1, 0.15) is 22.7 Å². The Morgan fingerprint density at radius 1 is 1.17 bits per heavy atom. The third-order valence-electron chi connectivity index (χ3n) is 3.54. The maximum absolute atomic E-state index is 5.42. The molecule has 2 nitrogen and oxygen atoms in total. The largest absolute Gasteiger partial charge is 0.496 e. The molecule has 92 valence electrons. The van der Waals surface area contributed by atoms with Gasteiger partial charge in [0, 0.05) is 17.7 Å². The third kappa shape index (κ3) is 1.84. The predicted octanol–water partition coefficient (Wildman–Crippen LogP) is 3.71. The quantitative estimate of drug-likeness (QED) is 0.862. The standard InChI is InChI=1S/C16H17NO/c1-11-5-3-6-12(9-11)15-10-13-14(17-15)7-4-8-16(13)18-2/h3-9,15,17H,10H2,1-2H3. The minimum Gasteiger partial charge on any atom is -0.496 e. The molecule has 2 aromatic rings. The van der Waals surface area contributed by atoms with Gasteiger partial charge < -0.3 is 10.1 Å². The van der Waals surface area contributed by atoms with Gasteiger partial charge in [0.15, 0.2) is 0 Å². The Morgan fingerprint density at radius 3 is 2.78 bits per heavy atom. The van der Waals surface area contributed by atoms with Crippen LogP contribution in [0.4, 0.5) is 5.69 Å². The van der Waals surface area contributed by atoms with Crippen LogP contribution in [0.25, 0.3) is 0 Å². The summed E-state index contributed by atoms with van der Waals surface area (Å²) in [4.78, 5) is 0. The first kappa shape index (κ1) is 11.1. The summed E-state index contributed by atoms with van der Waals surface area (Å²) in [6.45, 7) is 2.13. The first-order chi connectivity index (χ1) is 8.78. The molecule has 0 radical (unpaired) electrons. The highest BCUT2D eigenvalue weighted by Gasteiger charge is 2.24. The molecule has 0 bridgehead atoms. The number of benzene rings is 2. The highest BCUT2D eigenvalue weighted by Crippen LogP contribution is 2.39. The zero-order chi connectivity index (χ0) is 12.5. The fraction of sp³-hybridized carbons (Fsp3) is 0.250. The number of fused-ring (bicyclic) bond motifs is 1. The van der Waals surface area contributed by atoms with Gasteiger partial charge in [-0.3, -0.25) is 0 Å². The third-order valence-corrected chi connectivity index (χ3v) is 3.54. The Morgan fingerprint density at radius 2 is 2.00 bits per heavy atom. The van der Waals surface area contributed by atoms with Crippen molar-refractivity contribution in [3.63, 3.8) is 0 Å². The summed E-state index contributed by atoms with van der Waals surface area (Å²) in [6, 6.07) is 15.2. The van der Waals surface area contributed by atoms with Gasteiger partial charge >= 0.3 is 0 Å². The van der Waals surface area contributed by atoms with Gasteiger partial charge in [0.1, 0.15) is 5.75 Å². The van der Waals surface area contributed by atoms with Crippen molar-refractivity contribution in [1.29, 1.82) is 0 Å². The minimum atomic E-state index is 0.358. The van der Waals surface area contributed by atoms with E-state index in [0.29, 0.717) is 6.04 Å². The monoisotopic (exact) mass is 239 g/mol. The first-order valence-corrected chi connectivity index (χ1v) is 6.27. The van der Waals surface area contributed by atoms with Crippen LogP contribution in [-0.2, 0) is 6.42 Å². The predicted molar refractivity (Wildman–Crippen MR) is 74.2 cm³/mol. The van der Waals surface area contributed by atoms with E-state index in [1.165, 1.54) is 22.4 Å². The molecule has 1 aliphatic heterocycles. The van der Waals surface area contributed by atoms with Gasteiger partial charge in [-0.1, -0.05) is 35.9 Å². The van der Waals surface area contributed by atoms with Gasteiger partial charge in [0.25, 0.3) is 0 Å². The van der Waals surface area contributed by atoms with E-state index in [1.807, 2.05) is 12.1 Å². The summed E-state index contributed by atoms with van der Waals surface area (Å²) in [5.41, 5.74) is 5.12. The van der Waals surface area contributed by atoms with Crippen molar-refractivity contribution in [1.82, 2.24) is 0 Å². The number of ether oxygens (including phenoxy) is 1. The lowest BCUT2D eigenvalue weighted by molar-refractivity contribution is 0.410. The van der Waals surface area contributed by atoms with Crippen molar-refractivity contribution in [2.75, 3.05) is 12.4 Å². The van der Waals surface area contributed by atoms with Crippen LogP contribution >= 0.6 is 0 Å². The number of methoxy groups -OCH3 is 1. The van der Waals surface area contributed by atoms with Crippen LogP contribution in [0.15, 0.2) is 42.5 Å². The molecule has 0 fully saturated rings. The molecule has 0 spiro atoms. The van der Waals surface area contributed by atoms with Crippen molar-refractivity contribution < 1.29 is 4.74 Å². The van der Waals surface area contributed by atoms with E-state index >= 15 is 0 Å². The number of nitrogens with one attached hydrogen (secondary N) is 1. The fourth-order valence-electron chi connectivity index (χ4n) is 2.63. The van der Waals surface area contributed by atoms with E-state index in [-0.39, 0.29) is 0 Å². The summed E-state index contributed by atoms with van der Waals surface area (Å²) in [5.74, 6) is 0.982. The number of hydrogen-bond acceptors (Lipinski definition) is 2. The molecule has 1 aliphatic rings. The van der Waals surface area contributed by atoms with Crippen molar-refractivity contribution >= 4 is 5.69 Å². The van der Waals surface area contributed by atoms with Gasteiger partial charge in [0.05, 0.1) is 13.2 Å². The van der Waals surface area contributed by atoms with E-state index < -0.39 is 0 Å². The van der Waals surface area contributed by atoms with Crippen molar-refractivity contribution in [3.8, 4) is 5.75 Å². The van der Waals surface area contributed by atoms with Crippen LogP contribution in [0.2, 0.25) is 0 Å². The SMILES string of the molecule is COc1cccc2c1CC(c1cccc(C)c1)N2. The molecule has 2 heteroatoms. The lowest BCUT2D eigenvalue weighted by Crippen LogP contribution is -2.05. The zero-order valence-electron chi connectivity index (χ0n) is 10.7. The normalized spacial score (nSPS) is 17.1. The second-order valence-electron chi connectivity index (χ2n) is 4.80. The molecule has 18 heavy (non-hydrogen) atoms. The maximum Gasteiger partial charge on any atom is 0.124 e. The van der Waals surface area contributed by atoms with E-state index in [0.717, 1.165) is 12.2 Å². The molecule has 3 rings (SSSR count). The number of aryl methyl sites for hydroxylation is 1. The average molecular weight is 239 g/mol. The minimum absolute atomic E-state index is 0.358. The van der Waals surface area contributed by atoms with Crippen LogP contribution in [0, 0.1) is 6.92 Å². The molecular weight excluding hydrogens is 222 g/mol.